The van der Waals surface area contributed by atoms with Gasteiger partial charge in [0, 0.05) is 13.0 Å². The van der Waals surface area contributed by atoms with E-state index in [4.69, 9.17) is 30.6 Å². The fourth-order valence-corrected chi connectivity index (χ4v) is 2.88. The van der Waals surface area contributed by atoms with Crippen LogP contribution in [0.5, 0.6) is 0 Å². The van der Waals surface area contributed by atoms with E-state index in [-0.39, 0.29) is 18.6 Å². The van der Waals surface area contributed by atoms with Gasteiger partial charge in [0.1, 0.15) is 30.5 Å². The van der Waals surface area contributed by atoms with Crippen LogP contribution < -0.4 is 5.32 Å². The minimum atomic E-state index is -1.79. The van der Waals surface area contributed by atoms with E-state index in [1.807, 2.05) is 18.2 Å². The van der Waals surface area contributed by atoms with Gasteiger partial charge < -0.3 is 40.3 Å². The monoisotopic (exact) mass is 456 g/mol. The Kier molecular flexibility index (Phi) is 11.4. The van der Waals surface area contributed by atoms with Crippen molar-refractivity contribution in [1.82, 2.24) is 10.2 Å². The molecule has 0 radical (unpaired) electrons. The number of aliphatic hydroxyl groups is 5. The smallest absolute Gasteiger partial charge is 0.325 e. The van der Waals surface area contributed by atoms with Gasteiger partial charge in [0.25, 0.3) is 5.91 Å². The second-order valence-electron chi connectivity index (χ2n) is 7.01. The van der Waals surface area contributed by atoms with Gasteiger partial charge in [0.05, 0.1) is 6.61 Å². The van der Waals surface area contributed by atoms with Crippen LogP contribution in [0.2, 0.25) is 0 Å². The molecule has 2 rings (SSSR count). The third kappa shape index (κ3) is 7.98. The van der Waals surface area contributed by atoms with Crippen LogP contribution >= 0.6 is 0 Å². The zero-order valence-electron chi connectivity index (χ0n) is 17.1. The van der Waals surface area contributed by atoms with Gasteiger partial charge in [0.2, 0.25) is 0 Å². The number of carboxylic acids is 1. The number of nitrogens with zero attached hydrogens (tertiary/aromatic N) is 1. The van der Waals surface area contributed by atoms with E-state index in [9.17, 15) is 19.2 Å². The number of carbonyl (C=O) groups excluding carboxylic acids is 3. The number of urea groups is 1. The van der Waals surface area contributed by atoms with Crippen LogP contribution in [0.3, 0.4) is 0 Å². The Balaban J connectivity index is 0.000000368. The van der Waals surface area contributed by atoms with Gasteiger partial charge in [0.15, 0.2) is 6.29 Å². The number of carbonyl (C=O) groups is 4. The topological polar surface area (TPSA) is 205 Å². The first kappa shape index (κ1) is 27.1. The van der Waals surface area contributed by atoms with E-state index >= 15 is 0 Å². The molecular weight excluding hydrogens is 428 g/mol. The summed E-state index contributed by atoms with van der Waals surface area (Å²) < 4.78 is 0. The number of aliphatic carboxylic acids is 1. The van der Waals surface area contributed by atoms with Crippen molar-refractivity contribution in [3.63, 3.8) is 0 Å². The Labute approximate surface area is 183 Å². The van der Waals surface area contributed by atoms with E-state index in [1.165, 1.54) is 4.90 Å². The van der Waals surface area contributed by atoms with E-state index in [2.05, 4.69) is 5.32 Å². The molecule has 1 saturated heterocycles. The Morgan fingerprint density at radius 1 is 1.06 bits per heavy atom. The maximum Gasteiger partial charge on any atom is 0.325 e. The lowest BCUT2D eigenvalue weighted by Crippen LogP contribution is -2.46. The van der Waals surface area contributed by atoms with Crippen LogP contribution in [0.25, 0.3) is 0 Å². The van der Waals surface area contributed by atoms with Crippen molar-refractivity contribution in [3.8, 4) is 0 Å². The molecule has 7 N–H and O–H groups in total. The molecule has 1 fully saturated rings. The molecule has 1 aliphatic rings. The summed E-state index contributed by atoms with van der Waals surface area (Å²) in [4.78, 5) is 45.4. The molecule has 178 valence electrons. The number of imide groups is 1. The van der Waals surface area contributed by atoms with Crippen molar-refractivity contribution in [2.45, 2.75) is 49.7 Å². The average molecular weight is 456 g/mol. The highest BCUT2D eigenvalue weighted by Crippen LogP contribution is 2.25. The van der Waals surface area contributed by atoms with Crippen LogP contribution in [0.1, 0.15) is 30.9 Å². The van der Waals surface area contributed by atoms with Crippen molar-refractivity contribution < 1.29 is 49.8 Å². The molecule has 0 aliphatic carbocycles. The number of hydrogen-bond donors (Lipinski definition) is 7. The van der Waals surface area contributed by atoms with Gasteiger partial charge in [-0.25, -0.2) is 4.79 Å². The zero-order valence-corrected chi connectivity index (χ0v) is 17.1. The molecule has 5 atom stereocenters. The predicted octanol–water partition coefficient (Wildman–Crippen LogP) is -1.84. The highest BCUT2D eigenvalue weighted by atomic mass is 16.4. The molecule has 0 bridgehead atoms. The second kappa shape index (κ2) is 13.5. The molecule has 1 heterocycles. The Bertz CT molecular complexity index is 760. The van der Waals surface area contributed by atoms with E-state index < -0.39 is 49.1 Å². The van der Waals surface area contributed by atoms with Gasteiger partial charge >= 0.3 is 12.0 Å². The fraction of sp³-hybridized carbons (Fsp3) is 0.500. The number of aliphatic hydroxyl groups excluding tert-OH is 5. The fourth-order valence-electron chi connectivity index (χ4n) is 2.88. The second-order valence-corrected chi connectivity index (χ2v) is 7.01. The lowest BCUT2D eigenvalue weighted by Gasteiger charge is -2.22. The number of rotatable bonds is 11. The molecule has 12 nitrogen and oxygen atoms in total. The SMILES string of the molecule is O=C(O)CCCCN1C(=O)NC(=O)C1c1ccccc1.O=C[C@H](O)[C@@H](O)[C@H](O)[C@H](O)CO. The van der Waals surface area contributed by atoms with Gasteiger partial charge in [-0.2, -0.15) is 0 Å². The number of benzene rings is 1. The number of hydrogen-bond acceptors (Lipinski definition) is 9. The van der Waals surface area contributed by atoms with Crippen molar-refractivity contribution >= 4 is 24.2 Å². The first-order valence-corrected chi connectivity index (χ1v) is 9.80. The molecule has 32 heavy (non-hydrogen) atoms. The summed E-state index contributed by atoms with van der Waals surface area (Å²) in [6.45, 7) is -0.395. The number of amides is 3. The highest BCUT2D eigenvalue weighted by Gasteiger charge is 2.38. The zero-order chi connectivity index (χ0) is 24.3. The molecule has 0 saturated carbocycles. The third-order valence-corrected chi connectivity index (χ3v) is 4.63. The normalized spacial score (nSPS) is 19.3. The molecular formula is C20H28N2O10. The van der Waals surface area contributed by atoms with E-state index in [0.717, 1.165) is 5.56 Å². The van der Waals surface area contributed by atoms with Crippen molar-refractivity contribution in [1.29, 1.82) is 0 Å². The number of carboxylic acid groups (broad SMARTS) is 1. The Hall–Kier alpha value is -2.90. The summed E-state index contributed by atoms with van der Waals surface area (Å²) in [5.74, 6) is -1.19. The first-order valence-electron chi connectivity index (χ1n) is 9.80. The van der Waals surface area contributed by atoms with Crippen LogP contribution in [-0.2, 0) is 14.4 Å². The Morgan fingerprint density at radius 3 is 2.22 bits per heavy atom. The third-order valence-electron chi connectivity index (χ3n) is 4.63. The van der Waals surface area contributed by atoms with Gasteiger partial charge in [-0.15, -0.1) is 0 Å². The molecule has 1 aliphatic heterocycles. The van der Waals surface area contributed by atoms with Gasteiger partial charge in [-0.05, 0) is 18.4 Å². The summed E-state index contributed by atoms with van der Waals surface area (Å²) >= 11 is 0. The largest absolute Gasteiger partial charge is 0.481 e. The molecule has 0 aromatic heterocycles. The van der Waals surface area contributed by atoms with Crippen molar-refractivity contribution in [2.75, 3.05) is 13.2 Å². The quantitative estimate of drug-likeness (QED) is 0.112. The maximum atomic E-state index is 11.9. The van der Waals surface area contributed by atoms with E-state index in [0.29, 0.717) is 19.4 Å². The number of nitrogens with one attached hydrogen (secondary N) is 1. The van der Waals surface area contributed by atoms with Crippen molar-refractivity contribution in [3.05, 3.63) is 35.9 Å². The minimum Gasteiger partial charge on any atom is -0.481 e. The van der Waals surface area contributed by atoms with Crippen molar-refractivity contribution in [2.24, 2.45) is 0 Å². The lowest BCUT2D eigenvalue weighted by molar-refractivity contribution is -0.137. The number of aldehydes is 1. The van der Waals surface area contributed by atoms with Crippen LogP contribution in [0.4, 0.5) is 4.79 Å². The van der Waals surface area contributed by atoms with Gasteiger partial charge in [-0.1, -0.05) is 30.3 Å². The molecule has 1 aromatic carbocycles. The minimum absolute atomic E-state index is 0.0258. The predicted molar refractivity (Wildman–Crippen MR) is 108 cm³/mol. The molecule has 1 aromatic rings. The maximum absolute atomic E-state index is 11.9. The van der Waals surface area contributed by atoms with Gasteiger partial charge in [-0.3, -0.25) is 14.9 Å². The van der Waals surface area contributed by atoms with Crippen LogP contribution in [-0.4, -0.2) is 97.3 Å². The molecule has 12 heteroatoms. The standard InChI is InChI=1S/C14H16N2O4.C6H12O6/c17-11(18)8-4-5-9-16-12(13(19)15-14(16)20)10-6-2-1-3-7-10;7-1-3(9)5(11)6(12)4(10)2-8/h1-3,6-7,12H,4-5,8-9H2,(H,17,18)(H,15,19,20);1,3-6,8-12H,2H2/t;3-,4+,5+,6+/m.0/s1. The highest BCUT2D eigenvalue weighted by molar-refractivity contribution is 6.04. The Morgan fingerprint density at radius 2 is 1.69 bits per heavy atom. The summed E-state index contributed by atoms with van der Waals surface area (Å²) in [6, 6.07) is 8.03. The molecule has 3 amide bonds. The first-order chi connectivity index (χ1) is 15.1. The summed E-state index contributed by atoms with van der Waals surface area (Å²) in [7, 11) is 0. The lowest BCUT2D eigenvalue weighted by atomic mass is 10.0. The summed E-state index contributed by atoms with van der Waals surface area (Å²) in [5.41, 5.74) is 0.758. The van der Waals surface area contributed by atoms with Crippen LogP contribution in [0, 0.1) is 0 Å². The molecule has 1 unspecified atom stereocenters. The summed E-state index contributed by atoms with van der Waals surface area (Å²) in [6.07, 6.45) is -5.74. The number of unbranched alkanes of at least 4 members (excludes halogenated alkanes) is 1. The molecule has 0 spiro atoms. The van der Waals surface area contributed by atoms with Crippen LogP contribution in [0.15, 0.2) is 30.3 Å². The van der Waals surface area contributed by atoms with E-state index in [1.54, 1.807) is 12.1 Å². The average Bonchev–Trinajstić information content (AvgIpc) is 3.07. The summed E-state index contributed by atoms with van der Waals surface area (Å²) in [5, 5.41) is 54.4.